The molecule has 7 rings (SSSR count). The van der Waals surface area contributed by atoms with E-state index in [9.17, 15) is 0 Å². The fraction of sp³-hybridized carbons (Fsp3) is 0.450. The highest BCUT2D eigenvalue weighted by molar-refractivity contribution is 6.62. The maximum atomic E-state index is 6.02. The number of pyridine rings is 2. The topological polar surface area (TPSA) is 102 Å². The Hall–Kier alpha value is -3.87. The van der Waals surface area contributed by atoms with Crippen LogP contribution in [0.2, 0.25) is 5.15 Å². The van der Waals surface area contributed by atoms with Crippen LogP contribution >= 0.6 is 11.6 Å². The van der Waals surface area contributed by atoms with E-state index in [4.69, 9.17) is 25.9 Å². The predicted molar refractivity (Wildman–Crippen MR) is 211 cm³/mol. The van der Waals surface area contributed by atoms with Crippen molar-refractivity contribution in [1.29, 1.82) is 0 Å². The second-order valence-electron chi connectivity index (χ2n) is 14.9. The molecule has 0 spiro atoms. The highest BCUT2D eigenvalue weighted by Gasteiger charge is 2.51. The largest absolute Gasteiger partial charge is 0.496 e. The van der Waals surface area contributed by atoms with Crippen LogP contribution in [0, 0.1) is 0 Å². The average Bonchev–Trinajstić information content (AvgIpc) is 3.82. The third-order valence-electron chi connectivity index (χ3n) is 9.48. The van der Waals surface area contributed by atoms with Gasteiger partial charge in [0.2, 0.25) is 0 Å². The molecule has 5 heterocycles. The van der Waals surface area contributed by atoms with Gasteiger partial charge in [-0.1, -0.05) is 42.0 Å². The van der Waals surface area contributed by atoms with E-state index in [1.54, 1.807) is 12.4 Å². The second kappa shape index (κ2) is 17.8. The van der Waals surface area contributed by atoms with E-state index < -0.39 is 0 Å². The van der Waals surface area contributed by atoms with Crippen LogP contribution in [0.25, 0.3) is 23.4 Å². The van der Waals surface area contributed by atoms with Crippen LogP contribution in [-0.4, -0.2) is 99.3 Å². The number of aromatic nitrogens is 6. The van der Waals surface area contributed by atoms with Crippen LogP contribution in [0.5, 0.6) is 0 Å². The van der Waals surface area contributed by atoms with Crippen molar-refractivity contribution < 1.29 is 9.31 Å². The van der Waals surface area contributed by atoms with Crippen molar-refractivity contribution in [2.45, 2.75) is 77.4 Å². The van der Waals surface area contributed by atoms with Gasteiger partial charge in [0.15, 0.2) is 0 Å². The molecule has 0 saturated carbocycles. The lowest BCUT2D eigenvalue weighted by molar-refractivity contribution is 0.00578. The van der Waals surface area contributed by atoms with Crippen LogP contribution in [0.1, 0.15) is 74.4 Å². The summed E-state index contributed by atoms with van der Waals surface area (Å²) in [6.07, 6.45) is 25.2. The molecule has 12 heteroatoms. The molecule has 4 aromatic rings. The number of rotatable bonds is 10. The lowest BCUT2D eigenvalue weighted by Crippen LogP contribution is -2.41. The van der Waals surface area contributed by atoms with Crippen molar-refractivity contribution >= 4 is 36.3 Å². The van der Waals surface area contributed by atoms with Crippen molar-refractivity contribution in [2.24, 2.45) is 0 Å². The Labute approximate surface area is 315 Å². The summed E-state index contributed by atoms with van der Waals surface area (Å²) in [5, 5.41) is 0.474. The average molecular weight is 723 g/mol. The van der Waals surface area contributed by atoms with Gasteiger partial charge in [0.1, 0.15) is 5.15 Å². The number of hydrogen-bond donors (Lipinski definition) is 0. The first-order valence-corrected chi connectivity index (χ1v) is 18.4. The Bertz CT molecular complexity index is 1850. The highest BCUT2D eigenvalue weighted by atomic mass is 35.5. The van der Waals surface area contributed by atoms with E-state index >= 15 is 0 Å². The molecule has 52 heavy (non-hydrogen) atoms. The molecule has 0 amide bonds. The van der Waals surface area contributed by atoms with Crippen LogP contribution in [0.4, 0.5) is 0 Å². The summed E-state index contributed by atoms with van der Waals surface area (Å²) in [7, 11) is 7.98. The number of hydrogen-bond acceptors (Lipinski definition) is 10. The molecule has 1 aliphatic heterocycles. The Morgan fingerprint density at radius 2 is 1.23 bits per heavy atom. The van der Waals surface area contributed by atoms with Gasteiger partial charge in [0, 0.05) is 48.7 Å². The van der Waals surface area contributed by atoms with Gasteiger partial charge in [-0.25, -0.2) is 9.97 Å². The first kappa shape index (κ1) is 39.3. The molecule has 1 fully saturated rings. The van der Waals surface area contributed by atoms with E-state index in [0.29, 0.717) is 5.15 Å². The predicted octanol–water partition coefficient (Wildman–Crippen LogP) is 6.18. The molecule has 0 radical (unpaired) electrons. The summed E-state index contributed by atoms with van der Waals surface area (Å²) < 4.78 is 12.0. The molecule has 274 valence electrons. The van der Waals surface area contributed by atoms with Crippen LogP contribution in [-0.2, 0) is 35.0 Å². The molecule has 2 aliphatic carbocycles. The fourth-order valence-corrected chi connectivity index (χ4v) is 5.99. The summed E-state index contributed by atoms with van der Waals surface area (Å²) in [5.41, 5.74) is 9.03. The summed E-state index contributed by atoms with van der Waals surface area (Å²) in [6, 6.07) is 4.27. The summed E-state index contributed by atoms with van der Waals surface area (Å²) in [6.45, 7) is 10.4. The van der Waals surface area contributed by atoms with E-state index in [0.717, 1.165) is 91.1 Å². The van der Waals surface area contributed by atoms with E-state index in [1.807, 2.05) is 24.8 Å². The van der Waals surface area contributed by atoms with Crippen LogP contribution < -0.4 is 5.46 Å². The molecule has 4 aromatic heterocycles. The molecule has 3 aliphatic rings. The smallest absolute Gasteiger partial charge is 0.399 e. The van der Waals surface area contributed by atoms with Gasteiger partial charge in [0.05, 0.1) is 52.1 Å². The Morgan fingerprint density at radius 3 is 1.81 bits per heavy atom. The SMILES string of the molecule is CC1(C)OB(c2cnc3c(c2)C=CC3)OC1(C)C.CN(C)CCCc1cncc(-c2cnc3c(c2)C=CC3)n1.CN(C)CCCc1cncc(Cl)n1. The molecule has 0 unspecified atom stereocenters. The minimum absolute atomic E-state index is 0.299. The number of halogens is 1. The van der Waals surface area contributed by atoms with Crippen molar-refractivity contribution in [1.82, 2.24) is 39.7 Å². The molecule has 0 aromatic carbocycles. The molecule has 1 saturated heterocycles. The molecule has 10 nitrogen and oxygen atoms in total. The van der Waals surface area contributed by atoms with Gasteiger partial charge < -0.3 is 19.1 Å². The highest BCUT2D eigenvalue weighted by Crippen LogP contribution is 2.36. The summed E-state index contributed by atoms with van der Waals surface area (Å²) in [4.78, 5) is 30.5. The number of aryl methyl sites for hydroxylation is 2. The number of allylic oxidation sites excluding steroid dienone is 2. The van der Waals surface area contributed by atoms with Crippen molar-refractivity contribution in [3.63, 3.8) is 0 Å². The van der Waals surface area contributed by atoms with Gasteiger partial charge in [0.25, 0.3) is 0 Å². The van der Waals surface area contributed by atoms with Crippen LogP contribution in [0.15, 0.2) is 61.5 Å². The van der Waals surface area contributed by atoms with Crippen molar-refractivity contribution in [3.8, 4) is 11.3 Å². The number of fused-ring (bicyclic) bond motifs is 2. The van der Waals surface area contributed by atoms with Gasteiger partial charge >= 0.3 is 7.12 Å². The monoisotopic (exact) mass is 722 g/mol. The molecular formula is C40H52BClN8O2. The fourth-order valence-electron chi connectivity index (χ4n) is 5.83. The third-order valence-corrected chi connectivity index (χ3v) is 9.67. The Balaban J connectivity index is 0.000000155. The first-order chi connectivity index (χ1) is 24.8. The zero-order chi connectivity index (χ0) is 37.3. The van der Waals surface area contributed by atoms with Crippen LogP contribution in [0.3, 0.4) is 0 Å². The summed E-state index contributed by atoms with van der Waals surface area (Å²) in [5.74, 6) is 0. The second-order valence-corrected chi connectivity index (χ2v) is 15.3. The lowest BCUT2D eigenvalue weighted by Gasteiger charge is -2.32. The van der Waals surface area contributed by atoms with Gasteiger partial charge in [-0.2, -0.15) is 0 Å². The minimum Gasteiger partial charge on any atom is -0.399 e. The standard InChI is InChI=1S/C17H20N4.C14H18BNO2.C9H14ClN3/c1-21(2)8-4-6-15-11-18-12-17(20-15)14-9-13-5-3-7-16(13)19-10-14;1-13(2)14(3,4)18-15(17-13)11-8-10-6-5-7-12(10)16-9-11;1-13(2)5-3-4-8-6-11-7-9(10)12-8/h3,5,9-12H,4,6-8H2,1-2H3;5-6,8-9H,7H2,1-4H3;6-7H,3-5H2,1-2H3. The number of nitrogens with zero attached hydrogens (tertiary/aromatic N) is 8. The minimum atomic E-state index is -0.318. The van der Waals surface area contributed by atoms with Crippen molar-refractivity contribution in [3.05, 3.63) is 101 Å². The van der Waals surface area contributed by atoms with E-state index in [2.05, 4.69) is 127 Å². The van der Waals surface area contributed by atoms with Gasteiger partial charge in [-0.05, 0) is 112 Å². The zero-order valence-corrected chi connectivity index (χ0v) is 32.7. The van der Waals surface area contributed by atoms with E-state index in [1.165, 1.54) is 11.1 Å². The Morgan fingerprint density at radius 1 is 0.692 bits per heavy atom. The molecule has 0 atom stereocenters. The first-order valence-electron chi connectivity index (χ1n) is 18.0. The van der Waals surface area contributed by atoms with Gasteiger partial charge in [-0.3, -0.25) is 19.9 Å². The van der Waals surface area contributed by atoms with E-state index in [-0.39, 0.29) is 18.3 Å². The van der Waals surface area contributed by atoms with Crippen molar-refractivity contribution in [2.75, 3.05) is 41.3 Å². The normalized spacial score (nSPS) is 16.0. The Kier molecular flexibility index (Phi) is 13.4. The zero-order valence-electron chi connectivity index (χ0n) is 31.9. The molecule has 0 bridgehead atoms. The maximum absolute atomic E-state index is 6.02. The van der Waals surface area contributed by atoms with Gasteiger partial charge in [-0.15, -0.1) is 0 Å². The molecule has 0 N–H and O–H groups in total. The molecular weight excluding hydrogens is 671 g/mol. The lowest BCUT2D eigenvalue weighted by atomic mass is 9.79. The maximum Gasteiger partial charge on any atom is 0.496 e. The summed E-state index contributed by atoms with van der Waals surface area (Å²) >= 11 is 5.70. The third kappa shape index (κ3) is 10.8. The quantitative estimate of drug-likeness (QED) is 0.177.